The number of hydrogen-bond acceptors (Lipinski definition) is 3. The average Bonchev–Trinajstić information content (AvgIpc) is 3.00. The molecule has 1 aliphatic heterocycles. The third-order valence-electron chi connectivity index (χ3n) is 4.18. The van der Waals surface area contributed by atoms with Crippen LogP contribution in [0.1, 0.15) is 13.3 Å². The minimum Gasteiger partial charge on any atom is -0.326 e. The number of amides is 3. The molecule has 1 unspecified atom stereocenters. The van der Waals surface area contributed by atoms with Gasteiger partial charge in [0.05, 0.1) is 5.92 Å². The molecule has 1 aliphatic rings. The van der Waals surface area contributed by atoms with Gasteiger partial charge in [-0.25, -0.2) is 8.78 Å². The number of nitrogens with zero attached hydrogens (tertiary/aromatic N) is 1. The molecule has 1 saturated heterocycles. The van der Waals surface area contributed by atoms with Gasteiger partial charge in [0.15, 0.2) is 0 Å². The van der Waals surface area contributed by atoms with E-state index in [1.54, 1.807) is 24.3 Å². The van der Waals surface area contributed by atoms with Crippen molar-refractivity contribution in [1.29, 1.82) is 0 Å². The zero-order valence-corrected chi connectivity index (χ0v) is 14.5. The normalized spacial score (nSPS) is 16.3. The summed E-state index contributed by atoms with van der Waals surface area (Å²) in [5.74, 6) is -3.68. The average molecular weight is 373 g/mol. The molecule has 140 valence electrons. The molecule has 6 nitrogen and oxygen atoms in total. The lowest BCUT2D eigenvalue weighted by Gasteiger charge is -2.18. The van der Waals surface area contributed by atoms with Gasteiger partial charge in [0.2, 0.25) is 17.7 Å². The maximum absolute atomic E-state index is 13.7. The van der Waals surface area contributed by atoms with Crippen LogP contribution in [-0.4, -0.2) is 24.3 Å². The SMILES string of the molecule is CC(=O)Nc1cccc(N2CC(C(=O)Nc3c(F)cccc3F)CC2=O)c1. The second-order valence-corrected chi connectivity index (χ2v) is 6.22. The second kappa shape index (κ2) is 7.53. The van der Waals surface area contributed by atoms with Gasteiger partial charge in [-0.3, -0.25) is 14.4 Å². The zero-order valence-electron chi connectivity index (χ0n) is 14.5. The van der Waals surface area contributed by atoms with E-state index in [-0.39, 0.29) is 24.8 Å². The number of carbonyl (C=O) groups is 3. The molecule has 0 bridgehead atoms. The van der Waals surface area contributed by atoms with Gasteiger partial charge in [0.25, 0.3) is 0 Å². The lowest BCUT2D eigenvalue weighted by molar-refractivity contribution is -0.122. The first-order valence-corrected chi connectivity index (χ1v) is 8.28. The maximum atomic E-state index is 13.7. The van der Waals surface area contributed by atoms with Crippen LogP contribution in [0.25, 0.3) is 0 Å². The molecule has 8 heteroatoms. The van der Waals surface area contributed by atoms with Crippen molar-refractivity contribution in [2.45, 2.75) is 13.3 Å². The summed E-state index contributed by atoms with van der Waals surface area (Å²) in [4.78, 5) is 37.3. The van der Waals surface area contributed by atoms with Gasteiger partial charge < -0.3 is 15.5 Å². The summed E-state index contributed by atoms with van der Waals surface area (Å²) in [5.41, 5.74) is 0.522. The Kier molecular flexibility index (Phi) is 5.16. The van der Waals surface area contributed by atoms with Crippen LogP contribution < -0.4 is 15.5 Å². The molecule has 2 aromatic rings. The Hall–Kier alpha value is -3.29. The van der Waals surface area contributed by atoms with Crippen LogP contribution in [-0.2, 0) is 14.4 Å². The first kappa shape index (κ1) is 18.5. The van der Waals surface area contributed by atoms with Gasteiger partial charge in [-0.1, -0.05) is 12.1 Å². The van der Waals surface area contributed by atoms with Crippen molar-refractivity contribution in [2.75, 3.05) is 22.1 Å². The van der Waals surface area contributed by atoms with Gasteiger partial charge in [-0.15, -0.1) is 0 Å². The quantitative estimate of drug-likeness (QED) is 0.865. The highest BCUT2D eigenvalue weighted by Crippen LogP contribution is 2.28. The molecule has 0 saturated carbocycles. The summed E-state index contributed by atoms with van der Waals surface area (Å²) in [6.45, 7) is 1.44. The standard InChI is InChI=1S/C19H17F2N3O3/c1-11(25)22-13-4-2-5-14(9-13)24-10-12(8-17(24)26)19(27)23-18-15(20)6-3-7-16(18)21/h2-7,9,12H,8,10H2,1H3,(H,22,25)(H,23,27). The highest BCUT2D eigenvalue weighted by Gasteiger charge is 2.35. The van der Waals surface area contributed by atoms with E-state index in [1.807, 2.05) is 0 Å². The summed E-state index contributed by atoms with van der Waals surface area (Å²) in [6, 6.07) is 9.93. The molecule has 2 aromatic carbocycles. The Morgan fingerprint density at radius 3 is 2.41 bits per heavy atom. The van der Waals surface area contributed by atoms with E-state index >= 15 is 0 Å². The Morgan fingerprint density at radius 2 is 1.74 bits per heavy atom. The number of nitrogens with one attached hydrogen (secondary N) is 2. The number of carbonyl (C=O) groups excluding carboxylic acids is 3. The summed E-state index contributed by atoms with van der Waals surface area (Å²) in [5, 5.41) is 4.85. The highest BCUT2D eigenvalue weighted by molar-refractivity contribution is 6.04. The number of para-hydroxylation sites is 1. The van der Waals surface area contributed by atoms with E-state index < -0.39 is 29.1 Å². The maximum Gasteiger partial charge on any atom is 0.229 e. The van der Waals surface area contributed by atoms with Gasteiger partial charge >= 0.3 is 0 Å². The van der Waals surface area contributed by atoms with E-state index in [2.05, 4.69) is 10.6 Å². The van der Waals surface area contributed by atoms with Crippen molar-refractivity contribution in [3.63, 3.8) is 0 Å². The number of anilines is 3. The third kappa shape index (κ3) is 4.11. The minimum absolute atomic E-state index is 0.0737. The lowest BCUT2D eigenvalue weighted by Crippen LogP contribution is -2.28. The van der Waals surface area contributed by atoms with Crippen molar-refractivity contribution in [3.05, 3.63) is 54.1 Å². The molecular weight excluding hydrogens is 356 g/mol. The molecule has 3 rings (SSSR count). The summed E-state index contributed by atoms with van der Waals surface area (Å²) >= 11 is 0. The molecule has 27 heavy (non-hydrogen) atoms. The fraction of sp³-hybridized carbons (Fsp3) is 0.211. The highest BCUT2D eigenvalue weighted by atomic mass is 19.1. The van der Waals surface area contributed by atoms with Gasteiger partial charge in [-0.05, 0) is 30.3 Å². The van der Waals surface area contributed by atoms with Crippen molar-refractivity contribution >= 4 is 34.8 Å². The van der Waals surface area contributed by atoms with Gasteiger partial charge in [0, 0.05) is 31.3 Å². The van der Waals surface area contributed by atoms with Crippen LogP contribution in [0.5, 0.6) is 0 Å². The molecule has 1 heterocycles. The van der Waals surface area contributed by atoms with E-state index in [0.29, 0.717) is 11.4 Å². The van der Waals surface area contributed by atoms with Crippen molar-refractivity contribution in [2.24, 2.45) is 5.92 Å². The number of rotatable bonds is 4. The fourth-order valence-electron chi connectivity index (χ4n) is 2.93. The van der Waals surface area contributed by atoms with E-state index in [9.17, 15) is 23.2 Å². The molecule has 0 aromatic heterocycles. The van der Waals surface area contributed by atoms with Crippen LogP contribution in [0, 0.1) is 17.6 Å². The molecule has 2 N–H and O–H groups in total. The lowest BCUT2D eigenvalue weighted by atomic mass is 10.1. The molecule has 0 spiro atoms. The topological polar surface area (TPSA) is 78.5 Å². The van der Waals surface area contributed by atoms with Crippen LogP contribution in [0.3, 0.4) is 0 Å². The molecule has 0 radical (unpaired) electrons. The van der Waals surface area contributed by atoms with E-state index in [0.717, 1.165) is 12.1 Å². The largest absolute Gasteiger partial charge is 0.326 e. The summed E-state index contributed by atoms with van der Waals surface area (Å²) in [7, 11) is 0. The van der Waals surface area contributed by atoms with Crippen molar-refractivity contribution in [3.8, 4) is 0 Å². The minimum atomic E-state index is -0.882. The van der Waals surface area contributed by atoms with Crippen LogP contribution in [0.2, 0.25) is 0 Å². The Balaban J connectivity index is 1.73. The predicted octanol–water partition coefficient (Wildman–Crippen LogP) is 2.91. The van der Waals surface area contributed by atoms with Crippen molar-refractivity contribution in [1.82, 2.24) is 0 Å². The Bertz CT molecular complexity index is 897. The zero-order chi connectivity index (χ0) is 19.6. The first-order chi connectivity index (χ1) is 12.8. The smallest absolute Gasteiger partial charge is 0.229 e. The van der Waals surface area contributed by atoms with Gasteiger partial charge in [-0.2, -0.15) is 0 Å². The summed E-state index contributed by atoms with van der Waals surface area (Å²) in [6.07, 6.45) is -0.0771. The molecule has 3 amide bonds. The van der Waals surface area contributed by atoms with E-state index in [1.165, 1.54) is 17.9 Å². The third-order valence-corrected chi connectivity index (χ3v) is 4.18. The second-order valence-electron chi connectivity index (χ2n) is 6.22. The van der Waals surface area contributed by atoms with Crippen molar-refractivity contribution < 1.29 is 23.2 Å². The van der Waals surface area contributed by atoms with Crippen LogP contribution in [0.15, 0.2) is 42.5 Å². The Morgan fingerprint density at radius 1 is 1.07 bits per heavy atom. The van der Waals surface area contributed by atoms with Crippen LogP contribution >= 0.6 is 0 Å². The Labute approximate surface area is 154 Å². The molecule has 1 atom stereocenters. The number of hydrogen-bond donors (Lipinski definition) is 2. The molecule has 1 fully saturated rings. The molecule has 0 aliphatic carbocycles. The van der Waals surface area contributed by atoms with E-state index in [4.69, 9.17) is 0 Å². The van der Waals surface area contributed by atoms with Gasteiger partial charge in [0.1, 0.15) is 17.3 Å². The van der Waals surface area contributed by atoms with Crippen LogP contribution in [0.4, 0.5) is 25.8 Å². The first-order valence-electron chi connectivity index (χ1n) is 8.28. The summed E-state index contributed by atoms with van der Waals surface area (Å²) < 4.78 is 27.4. The monoisotopic (exact) mass is 373 g/mol. The molecular formula is C19H17F2N3O3. The number of benzene rings is 2. The predicted molar refractivity (Wildman–Crippen MR) is 96.2 cm³/mol. The fourth-order valence-corrected chi connectivity index (χ4v) is 2.93. The number of halogens is 2.